The fourth-order valence-corrected chi connectivity index (χ4v) is 5.25. The number of carbonyl (C=O) groups excluding carboxylic acids is 1. The van der Waals surface area contributed by atoms with Gasteiger partial charge in [0.05, 0.1) is 30.5 Å². The van der Waals surface area contributed by atoms with Crippen LogP contribution in [0.5, 0.6) is 5.75 Å². The predicted molar refractivity (Wildman–Crippen MR) is 152 cm³/mol. The normalized spacial score (nSPS) is 13.7. The van der Waals surface area contributed by atoms with Gasteiger partial charge in [-0.1, -0.05) is 32.4 Å². The van der Waals surface area contributed by atoms with E-state index in [1.54, 1.807) is 13.1 Å². The fourth-order valence-electron chi connectivity index (χ4n) is 3.94. The van der Waals surface area contributed by atoms with E-state index in [9.17, 15) is 9.59 Å². The zero-order chi connectivity index (χ0) is 27.8. The second-order valence-corrected chi connectivity index (χ2v) is 17.2. The Kier molecular flexibility index (Phi) is 8.56. The number of rotatable bonds is 8. The molecule has 0 saturated heterocycles. The first-order chi connectivity index (χ1) is 17.1. The lowest BCUT2D eigenvalue weighted by atomic mass is 9.97. The summed E-state index contributed by atoms with van der Waals surface area (Å²) in [5.74, 6) is -0.0117. The van der Waals surface area contributed by atoms with Crippen LogP contribution >= 0.6 is 11.6 Å². The minimum atomic E-state index is -1.79. The number of aromatic nitrogens is 1. The van der Waals surface area contributed by atoms with E-state index in [1.165, 1.54) is 6.07 Å². The molecular weight excluding hydrogens is 508 g/mol. The summed E-state index contributed by atoms with van der Waals surface area (Å²) >= 11 is 6.64. The van der Waals surface area contributed by atoms with Gasteiger partial charge >= 0.3 is 5.97 Å². The molecule has 9 heteroatoms. The SMILES string of the molecule is CCOC(=O)c1cn2c(cc1=O)-c1cc(Cl)c(OCCCO[Si](C)(C)C(C)(C)C)cc1CN2C(C)(C)C. The minimum Gasteiger partial charge on any atom is -0.492 e. The minimum absolute atomic E-state index is 0.00858. The van der Waals surface area contributed by atoms with Crippen molar-refractivity contribution in [2.24, 2.45) is 0 Å². The molecule has 0 N–H and O–H groups in total. The van der Waals surface area contributed by atoms with Gasteiger partial charge in [0, 0.05) is 36.4 Å². The van der Waals surface area contributed by atoms with Crippen LogP contribution in [0.1, 0.15) is 70.8 Å². The number of pyridine rings is 1. The lowest BCUT2D eigenvalue weighted by molar-refractivity contribution is 0.0523. The summed E-state index contributed by atoms with van der Waals surface area (Å²) in [6.07, 6.45) is 2.34. The number of benzene rings is 1. The maximum Gasteiger partial charge on any atom is 0.343 e. The highest BCUT2D eigenvalue weighted by Gasteiger charge is 2.37. The molecule has 37 heavy (non-hydrogen) atoms. The van der Waals surface area contributed by atoms with Crippen LogP contribution in [-0.4, -0.2) is 44.3 Å². The highest BCUT2D eigenvalue weighted by Crippen LogP contribution is 2.39. The van der Waals surface area contributed by atoms with Crippen LogP contribution in [0, 0.1) is 0 Å². The van der Waals surface area contributed by atoms with Crippen molar-refractivity contribution in [2.45, 2.75) is 85.1 Å². The maximum atomic E-state index is 12.9. The van der Waals surface area contributed by atoms with E-state index >= 15 is 0 Å². The van der Waals surface area contributed by atoms with Crippen LogP contribution in [0.4, 0.5) is 0 Å². The standard InChI is InChI=1S/C28H41ClN2O5Si/c1-10-34-26(33)21-18-30-23(16-24(21)32)20-15-22(29)25(14-19(20)17-31(30)27(2,3)4)35-12-11-13-36-37(8,9)28(5,6)7/h14-16,18H,10-13,17H2,1-9H3. The molecule has 0 radical (unpaired) electrons. The molecule has 0 unspecified atom stereocenters. The van der Waals surface area contributed by atoms with Gasteiger partial charge in [0.1, 0.15) is 11.3 Å². The molecule has 0 spiro atoms. The molecule has 7 nitrogen and oxygen atoms in total. The molecule has 0 amide bonds. The van der Waals surface area contributed by atoms with Crippen molar-refractivity contribution >= 4 is 25.9 Å². The zero-order valence-corrected chi connectivity index (χ0v) is 25.4. The lowest BCUT2D eigenvalue weighted by Crippen LogP contribution is -2.51. The van der Waals surface area contributed by atoms with Gasteiger partial charge in [-0.05, 0) is 63.5 Å². The molecule has 0 bridgehead atoms. The molecule has 3 rings (SSSR count). The number of esters is 1. The second-order valence-electron chi connectivity index (χ2n) is 12.0. The Morgan fingerprint density at radius 1 is 1.08 bits per heavy atom. The van der Waals surface area contributed by atoms with E-state index in [0.717, 1.165) is 17.5 Å². The second kappa shape index (κ2) is 10.8. The van der Waals surface area contributed by atoms with Gasteiger partial charge in [0.15, 0.2) is 13.7 Å². The van der Waals surface area contributed by atoms with Crippen molar-refractivity contribution in [3.8, 4) is 17.0 Å². The quantitative estimate of drug-likeness (QED) is 0.216. The summed E-state index contributed by atoms with van der Waals surface area (Å²) in [4.78, 5) is 25.3. The number of hydrogen-bond donors (Lipinski definition) is 0. The number of fused-ring (bicyclic) bond motifs is 3. The van der Waals surface area contributed by atoms with Crippen LogP contribution < -0.4 is 15.2 Å². The summed E-state index contributed by atoms with van der Waals surface area (Å²) in [6, 6.07) is 5.28. The summed E-state index contributed by atoms with van der Waals surface area (Å²) in [5.41, 5.74) is 1.83. The molecule has 204 valence electrons. The Balaban J connectivity index is 1.87. The van der Waals surface area contributed by atoms with Crippen LogP contribution in [-0.2, 0) is 15.7 Å². The molecular formula is C28H41ClN2O5Si. The number of carbonyl (C=O) groups is 1. The van der Waals surface area contributed by atoms with E-state index in [4.69, 9.17) is 25.5 Å². The summed E-state index contributed by atoms with van der Waals surface area (Å²) < 4.78 is 19.3. The highest BCUT2D eigenvalue weighted by molar-refractivity contribution is 6.74. The van der Waals surface area contributed by atoms with Gasteiger partial charge in [-0.15, -0.1) is 0 Å². The Morgan fingerprint density at radius 3 is 2.35 bits per heavy atom. The fraction of sp³-hybridized carbons (Fsp3) is 0.571. The van der Waals surface area contributed by atoms with E-state index in [-0.39, 0.29) is 28.2 Å². The van der Waals surface area contributed by atoms with Crippen molar-refractivity contribution in [1.82, 2.24) is 4.68 Å². The Hall–Kier alpha value is -2.29. The van der Waals surface area contributed by atoms with E-state index in [1.807, 2.05) is 16.8 Å². The van der Waals surface area contributed by atoms with Crippen LogP contribution in [0.2, 0.25) is 23.2 Å². The molecule has 1 aliphatic heterocycles. The van der Waals surface area contributed by atoms with E-state index in [0.29, 0.717) is 36.2 Å². The van der Waals surface area contributed by atoms with Gasteiger partial charge in [-0.25, -0.2) is 4.79 Å². The van der Waals surface area contributed by atoms with Crippen LogP contribution in [0.25, 0.3) is 11.3 Å². The highest BCUT2D eigenvalue weighted by atomic mass is 35.5. The van der Waals surface area contributed by atoms with Gasteiger partial charge in [0.2, 0.25) is 0 Å². The molecule has 0 aliphatic carbocycles. The monoisotopic (exact) mass is 548 g/mol. The molecule has 0 saturated carbocycles. The number of nitrogens with zero attached hydrogens (tertiary/aromatic N) is 2. The van der Waals surface area contributed by atoms with Gasteiger partial charge < -0.3 is 18.9 Å². The average molecular weight is 549 g/mol. The topological polar surface area (TPSA) is 70.0 Å². The lowest BCUT2D eigenvalue weighted by Gasteiger charge is -2.44. The Morgan fingerprint density at radius 2 is 1.76 bits per heavy atom. The van der Waals surface area contributed by atoms with Gasteiger partial charge in [0.25, 0.3) is 0 Å². The largest absolute Gasteiger partial charge is 0.492 e. The van der Waals surface area contributed by atoms with Crippen molar-refractivity contribution in [3.05, 3.63) is 50.8 Å². The first-order valence-electron chi connectivity index (χ1n) is 12.9. The van der Waals surface area contributed by atoms with Gasteiger partial charge in [-0.2, -0.15) is 0 Å². The molecule has 2 aromatic rings. The molecule has 2 heterocycles. The summed E-state index contributed by atoms with van der Waals surface area (Å²) in [5, 5.41) is 2.75. The number of hydrogen-bond acceptors (Lipinski definition) is 6. The van der Waals surface area contributed by atoms with Crippen molar-refractivity contribution in [1.29, 1.82) is 0 Å². The molecule has 1 aromatic heterocycles. The third kappa shape index (κ3) is 6.41. The Labute approximate surface area is 226 Å². The van der Waals surface area contributed by atoms with Crippen LogP contribution in [0.15, 0.2) is 29.2 Å². The predicted octanol–water partition coefficient (Wildman–Crippen LogP) is 6.39. The van der Waals surface area contributed by atoms with Crippen molar-refractivity contribution in [3.63, 3.8) is 0 Å². The third-order valence-corrected chi connectivity index (χ3v) is 12.0. The molecule has 1 aliphatic rings. The molecule has 0 atom stereocenters. The Bertz CT molecular complexity index is 1210. The molecule has 1 aromatic carbocycles. The first-order valence-corrected chi connectivity index (χ1v) is 16.2. The number of halogens is 1. The van der Waals surface area contributed by atoms with Crippen LogP contribution in [0.3, 0.4) is 0 Å². The summed E-state index contributed by atoms with van der Waals surface area (Å²) in [7, 11) is -1.79. The third-order valence-electron chi connectivity index (χ3n) is 7.13. The zero-order valence-electron chi connectivity index (χ0n) is 23.7. The van der Waals surface area contributed by atoms with Gasteiger partial charge in [-0.3, -0.25) is 9.47 Å². The van der Waals surface area contributed by atoms with Crippen molar-refractivity contribution < 1.29 is 18.7 Å². The number of ether oxygens (including phenoxy) is 2. The summed E-state index contributed by atoms with van der Waals surface area (Å²) in [6.45, 7) is 21.0. The van der Waals surface area contributed by atoms with E-state index < -0.39 is 14.3 Å². The first kappa shape index (κ1) is 29.3. The smallest absolute Gasteiger partial charge is 0.343 e. The maximum absolute atomic E-state index is 12.9. The van der Waals surface area contributed by atoms with E-state index in [2.05, 4.69) is 59.6 Å². The molecule has 0 fully saturated rings. The average Bonchev–Trinajstić information content (AvgIpc) is 2.77. The van der Waals surface area contributed by atoms with Crippen molar-refractivity contribution in [2.75, 3.05) is 24.8 Å².